The lowest BCUT2D eigenvalue weighted by Gasteiger charge is -2.17. The minimum atomic E-state index is 0.857. The first-order valence-electron chi connectivity index (χ1n) is 20.9. The summed E-state index contributed by atoms with van der Waals surface area (Å²) in [5.41, 5.74) is 16.5. The molecule has 0 fully saturated rings. The number of aromatic nitrogens is 5. The molecule has 7 aromatic carbocycles. The first kappa shape index (κ1) is 35.5. The Bertz CT molecular complexity index is 3300. The van der Waals surface area contributed by atoms with Crippen LogP contribution >= 0.6 is 0 Å². The second-order valence-corrected chi connectivity index (χ2v) is 15.7. The Labute approximate surface area is 358 Å². The zero-order chi connectivity index (χ0) is 41.0. The molecule has 0 N–H and O–H groups in total. The fourth-order valence-electron chi connectivity index (χ4n) is 9.13. The summed E-state index contributed by atoms with van der Waals surface area (Å²) in [6, 6.07) is 75.4. The fourth-order valence-corrected chi connectivity index (χ4v) is 9.13. The third-order valence-electron chi connectivity index (χ3n) is 12.0. The van der Waals surface area contributed by atoms with Gasteiger partial charge >= 0.3 is 0 Å². The summed E-state index contributed by atoms with van der Waals surface area (Å²) in [7, 11) is 0. The van der Waals surface area contributed by atoms with Crippen LogP contribution in [0.3, 0.4) is 0 Å². The van der Waals surface area contributed by atoms with Crippen molar-refractivity contribution in [1.29, 1.82) is 0 Å². The van der Waals surface area contributed by atoms with Crippen LogP contribution in [0.1, 0.15) is 0 Å². The minimum absolute atomic E-state index is 0.857. The van der Waals surface area contributed by atoms with Gasteiger partial charge in [0.2, 0.25) is 0 Å². The zero-order valence-electron chi connectivity index (χ0n) is 33.6. The number of hydrogen-bond donors (Lipinski definition) is 0. The van der Waals surface area contributed by atoms with E-state index in [2.05, 4.69) is 185 Å². The van der Waals surface area contributed by atoms with Crippen molar-refractivity contribution in [1.82, 2.24) is 24.1 Å². The molecule has 0 bridgehead atoms. The summed E-state index contributed by atoms with van der Waals surface area (Å²) in [5.74, 6) is 0. The molecule has 0 radical (unpaired) electrons. The van der Waals surface area contributed by atoms with Crippen LogP contribution in [0.15, 0.2) is 225 Å². The summed E-state index contributed by atoms with van der Waals surface area (Å²) < 4.78 is 4.83. The Morgan fingerprint density at radius 2 is 0.597 bits per heavy atom. The van der Waals surface area contributed by atoms with Crippen LogP contribution in [0.25, 0.3) is 111 Å². The van der Waals surface area contributed by atoms with Gasteiger partial charge in [0, 0.05) is 67.6 Å². The smallest absolute Gasteiger partial charge is 0.0717 e. The van der Waals surface area contributed by atoms with Crippen LogP contribution in [0, 0.1) is 0 Å². The van der Waals surface area contributed by atoms with E-state index in [1.54, 1.807) is 0 Å². The van der Waals surface area contributed by atoms with Gasteiger partial charge in [-0.3, -0.25) is 9.97 Å². The van der Waals surface area contributed by atoms with Gasteiger partial charge in [-0.25, -0.2) is 4.98 Å². The van der Waals surface area contributed by atoms with E-state index in [0.717, 1.165) is 89.6 Å². The molecule has 0 saturated heterocycles. The number of hydrogen-bond acceptors (Lipinski definition) is 3. The van der Waals surface area contributed by atoms with Crippen LogP contribution in [0.4, 0.5) is 0 Å². The molecule has 0 saturated carbocycles. The lowest BCUT2D eigenvalue weighted by atomic mass is 9.98. The second kappa shape index (κ2) is 14.7. The van der Waals surface area contributed by atoms with Gasteiger partial charge in [-0.15, -0.1) is 0 Å². The van der Waals surface area contributed by atoms with Crippen molar-refractivity contribution in [3.8, 4) is 67.5 Å². The predicted octanol–water partition coefficient (Wildman–Crippen LogP) is 14.4. The van der Waals surface area contributed by atoms with E-state index < -0.39 is 0 Å². The van der Waals surface area contributed by atoms with Crippen molar-refractivity contribution in [3.63, 3.8) is 0 Å². The number of nitrogens with zero attached hydrogens (tertiary/aromatic N) is 5. The van der Waals surface area contributed by atoms with E-state index in [0.29, 0.717) is 0 Å². The third-order valence-corrected chi connectivity index (χ3v) is 12.0. The van der Waals surface area contributed by atoms with Gasteiger partial charge in [0.25, 0.3) is 0 Å². The normalized spacial score (nSPS) is 11.5. The van der Waals surface area contributed by atoms with Gasteiger partial charge < -0.3 is 9.13 Å². The van der Waals surface area contributed by atoms with E-state index >= 15 is 0 Å². The minimum Gasteiger partial charge on any atom is -0.309 e. The maximum atomic E-state index is 5.41. The standard InChI is InChI=1S/C57H37N5/c1-3-15-38(16-4-1)50-33-40(27-29-58-50)52-35-43(36-53(60-52)41-28-30-59-51(34-41)39-17-5-2-6-18-39)42-31-44(61-54-23-11-7-19-46(54)47-20-8-12-24-55(47)61)37-45(32-42)62-56-25-13-9-21-48(56)49-22-10-14-26-57(49)62/h1-37H. The SMILES string of the molecule is c1ccc(-c2cc(-c3cc(-c4cc(-n5c6ccccc6c6ccccc65)cc(-n5c6ccccc6c6ccccc65)c4)cc(-c4ccnc(-c5ccccc5)c4)n3)ccn2)cc1. The Hall–Kier alpha value is -8.41. The molecule has 0 amide bonds. The predicted molar refractivity (Wildman–Crippen MR) is 256 cm³/mol. The number of benzene rings is 7. The molecule has 12 rings (SSSR count). The average molecular weight is 792 g/mol. The molecule has 290 valence electrons. The highest BCUT2D eigenvalue weighted by Gasteiger charge is 2.19. The topological polar surface area (TPSA) is 48.5 Å². The van der Waals surface area contributed by atoms with E-state index in [1.165, 1.54) is 21.5 Å². The average Bonchev–Trinajstić information content (AvgIpc) is 3.88. The monoisotopic (exact) mass is 791 g/mol. The number of fused-ring (bicyclic) bond motifs is 6. The Morgan fingerprint density at radius 3 is 1.00 bits per heavy atom. The molecule has 12 aromatic rings. The molecule has 0 aliphatic rings. The van der Waals surface area contributed by atoms with Crippen LogP contribution in [0.2, 0.25) is 0 Å². The molecular weight excluding hydrogens is 755 g/mol. The van der Waals surface area contributed by atoms with Crippen LogP contribution in [0.5, 0.6) is 0 Å². The van der Waals surface area contributed by atoms with Crippen molar-refractivity contribution < 1.29 is 0 Å². The van der Waals surface area contributed by atoms with E-state index in [-0.39, 0.29) is 0 Å². The van der Waals surface area contributed by atoms with Gasteiger partial charge in [0.05, 0.1) is 44.8 Å². The quantitative estimate of drug-likeness (QED) is 0.162. The van der Waals surface area contributed by atoms with E-state index in [9.17, 15) is 0 Å². The van der Waals surface area contributed by atoms with Crippen molar-refractivity contribution >= 4 is 43.6 Å². The van der Waals surface area contributed by atoms with Gasteiger partial charge in [-0.05, 0) is 90.0 Å². The van der Waals surface area contributed by atoms with Gasteiger partial charge in [-0.1, -0.05) is 133 Å². The molecule has 0 spiro atoms. The Balaban J connectivity index is 1.14. The first-order chi connectivity index (χ1) is 30.7. The molecule has 0 aliphatic heterocycles. The van der Waals surface area contributed by atoms with Gasteiger partial charge in [-0.2, -0.15) is 0 Å². The molecule has 0 atom stereocenters. The van der Waals surface area contributed by atoms with Crippen LogP contribution < -0.4 is 0 Å². The van der Waals surface area contributed by atoms with Crippen molar-refractivity contribution in [3.05, 3.63) is 225 Å². The maximum absolute atomic E-state index is 5.41. The van der Waals surface area contributed by atoms with Gasteiger partial charge in [0.1, 0.15) is 0 Å². The summed E-state index contributed by atoms with van der Waals surface area (Å²) in [6.45, 7) is 0. The fraction of sp³-hybridized carbons (Fsp3) is 0. The maximum Gasteiger partial charge on any atom is 0.0717 e. The lowest BCUT2D eigenvalue weighted by molar-refractivity contribution is 1.13. The third kappa shape index (κ3) is 6.06. The van der Waals surface area contributed by atoms with Crippen molar-refractivity contribution in [2.24, 2.45) is 0 Å². The van der Waals surface area contributed by atoms with E-state index in [1.807, 2.05) is 48.8 Å². The summed E-state index contributed by atoms with van der Waals surface area (Å²) >= 11 is 0. The number of rotatable bonds is 7. The largest absolute Gasteiger partial charge is 0.309 e. The molecule has 5 heteroatoms. The molecular formula is C57H37N5. The van der Waals surface area contributed by atoms with Gasteiger partial charge in [0.15, 0.2) is 0 Å². The van der Waals surface area contributed by atoms with Crippen LogP contribution in [-0.4, -0.2) is 24.1 Å². The molecule has 5 aromatic heterocycles. The highest BCUT2D eigenvalue weighted by molar-refractivity contribution is 6.10. The summed E-state index contributed by atoms with van der Waals surface area (Å²) in [6.07, 6.45) is 3.77. The van der Waals surface area contributed by atoms with Crippen molar-refractivity contribution in [2.75, 3.05) is 0 Å². The molecule has 5 heterocycles. The molecule has 5 nitrogen and oxygen atoms in total. The second-order valence-electron chi connectivity index (χ2n) is 15.7. The Morgan fingerprint density at radius 1 is 0.258 bits per heavy atom. The molecule has 62 heavy (non-hydrogen) atoms. The first-order valence-corrected chi connectivity index (χ1v) is 20.9. The summed E-state index contributed by atoms with van der Waals surface area (Å²) in [4.78, 5) is 15.0. The molecule has 0 aliphatic carbocycles. The van der Waals surface area contributed by atoms with Crippen molar-refractivity contribution in [2.45, 2.75) is 0 Å². The highest BCUT2D eigenvalue weighted by atomic mass is 15.0. The highest BCUT2D eigenvalue weighted by Crippen LogP contribution is 2.39. The Kier molecular flexibility index (Phi) is 8.42. The van der Waals surface area contributed by atoms with Crippen LogP contribution in [-0.2, 0) is 0 Å². The summed E-state index contributed by atoms with van der Waals surface area (Å²) in [5, 5.41) is 4.89. The van der Waals surface area contributed by atoms with E-state index in [4.69, 9.17) is 15.0 Å². The molecule has 0 unspecified atom stereocenters. The number of para-hydroxylation sites is 4. The zero-order valence-corrected chi connectivity index (χ0v) is 33.6. The number of pyridine rings is 3. The lowest BCUT2D eigenvalue weighted by Crippen LogP contribution is -2.00.